The lowest BCUT2D eigenvalue weighted by atomic mass is 9.77. The molecule has 2 fully saturated rings. The largest absolute Gasteiger partial charge is 0.371 e. The third-order valence-corrected chi connectivity index (χ3v) is 4.49. The van der Waals surface area contributed by atoms with E-state index in [1.807, 2.05) is 0 Å². The summed E-state index contributed by atoms with van der Waals surface area (Å²) < 4.78 is 6.27. The Morgan fingerprint density at radius 1 is 1.33 bits per heavy atom. The van der Waals surface area contributed by atoms with E-state index in [1.165, 1.54) is 19.3 Å². The molecular weight excluding hydrogens is 216 g/mol. The zero-order valence-corrected chi connectivity index (χ0v) is 9.65. The van der Waals surface area contributed by atoms with E-state index in [2.05, 4.69) is 36.7 Å². The summed E-state index contributed by atoms with van der Waals surface area (Å²) in [6, 6.07) is 0. The fraction of sp³-hybridized carbons (Fsp3) is 1.00. The minimum Gasteiger partial charge on any atom is -0.371 e. The van der Waals surface area contributed by atoms with Gasteiger partial charge in [-0.3, -0.25) is 0 Å². The second kappa shape index (κ2) is 2.48. The van der Waals surface area contributed by atoms with Crippen molar-refractivity contribution in [2.24, 2.45) is 5.92 Å². The van der Waals surface area contributed by atoms with Crippen LogP contribution in [-0.2, 0) is 4.74 Å². The van der Waals surface area contributed by atoms with E-state index in [9.17, 15) is 0 Å². The molecule has 0 amide bonds. The van der Waals surface area contributed by atoms with Crippen LogP contribution in [0.25, 0.3) is 0 Å². The molecule has 0 aromatic heterocycles. The Morgan fingerprint density at radius 3 is 2.58 bits per heavy atom. The predicted molar refractivity (Wildman–Crippen MR) is 53.6 cm³/mol. The van der Waals surface area contributed by atoms with Crippen molar-refractivity contribution in [1.29, 1.82) is 0 Å². The first-order valence-corrected chi connectivity index (χ1v) is 5.58. The quantitative estimate of drug-likeness (QED) is 0.584. The average Bonchev–Trinajstić information content (AvgIpc) is 2.17. The summed E-state index contributed by atoms with van der Waals surface area (Å²) in [6.45, 7) is 6.72. The molecule has 1 aliphatic carbocycles. The summed E-state index contributed by atoms with van der Waals surface area (Å²) in [5.41, 5.74) is 0.121. The van der Waals surface area contributed by atoms with Gasteiger partial charge in [-0.2, -0.15) is 0 Å². The van der Waals surface area contributed by atoms with Crippen molar-refractivity contribution in [2.75, 3.05) is 0 Å². The highest BCUT2D eigenvalue weighted by atomic mass is 79.9. The number of fused-ring (bicyclic) bond motifs is 2. The molecule has 2 heteroatoms. The summed E-state index contributed by atoms with van der Waals surface area (Å²) in [5, 5.41) is 0. The lowest BCUT2D eigenvalue weighted by molar-refractivity contribution is -0.0304. The van der Waals surface area contributed by atoms with Crippen molar-refractivity contribution in [1.82, 2.24) is 0 Å². The van der Waals surface area contributed by atoms with Gasteiger partial charge in [0.15, 0.2) is 0 Å². The van der Waals surface area contributed by atoms with Gasteiger partial charge in [-0.05, 0) is 46.0 Å². The van der Waals surface area contributed by atoms with Gasteiger partial charge in [0, 0.05) is 4.32 Å². The fourth-order valence-corrected chi connectivity index (χ4v) is 3.01. The number of hydrogen-bond donors (Lipinski definition) is 0. The maximum Gasteiger partial charge on any atom is 0.0736 e. The second-order valence-electron chi connectivity index (χ2n) is 4.96. The molecule has 1 nitrogen and oxygen atoms in total. The molecule has 0 radical (unpaired) electrons. The molecule has 1 aliphatic heterocycles. The van der Waals surface area contributed by atoms with E-state index >= 15 is 0 Å². The molecule has 1 heterocycles. The smallest absolute Gasteiger partial charge is 0.0736 e. The molecule has 70 valence electrons. The van der Waals surface area contributed by atoms with Crippen LogP contribution in [0.2, 0.25) is 0 Å². The van der Waals surface area contributed by atoms with Gasteiger partial charge in [-0.1, -0.05) is 15.9 Å². The van der Waals surface area contributed by atoms with E-state index in [0.29, 0.717) is 6.10 Å². The zero-order valence-electron chi connectivity index (χ0n) is 8.06. The van der Waals surface area contributed by atoms with Crippen molar-refractivity contribution in [2.45, 2.75) is 56.1 Å². The van der Waals surface area contributed by atoms with Crippen LogP contribution >= 0.6 is 15.9 Å². The predicted octanol–water partition coefficient (Wildman–Crippen LogP) is 3.12. The normalized spacial score (nSPS) is 51.0. The topological polar surface area (TPSA) is 9.23 Å². The zero-order chi connectivity index (χ0) is 8.98. The fourth-order valence-electron chi connectivity index (χ4n) is 2.50. The second-order valence-corrected chi connectivity index (χ2v) is 6.77. The Labute approximate surface area is 83.0 Å². The molecule has 1 saturated carbocycles. The van der Waals surface area contributed by atoms with Gasteiger partial charge in [0.2, 0.25) is 0 Å². The lowest BCUT2D eigenvalue weighted by Gasteiger charge is -2.32. The van der Waals surface area contributed by atoms with E-state index < -0.39 is 0 Å². The molecule has 12 heavy (non-hydrogen) atoms. The van der Waals surface area contributed by atoms with Gasteiger partial charge in [0.1, 0.15) is 0 Å². The van der Waals surface area contributed by atoms with Gasteiger partial charge in [-0.25, -0.2) is 0 Å². The molecular formula is C10H17BrO. The van der Waals surface area contributed by atoms with Crippen LogP contribution in [0.5, 0.6) is 0 Å². The molecule has 2 rings (SSSR count). The Hall–Kier alpha value is 0.440. The van der Waals surface area contributed by atoms with Crippen LogP contribution in [0.15, 0.2) is 0 Å². The Morgan fingerprint density at radius 2 is 2.00 bits per heavy atom. The standard InChI is InChI=1S/C10H17BrO/c1-9(2)7-4-5-10(3,11)8(6-7)12-9/h7-8H,4-6H2,1-3H3/t7-,8-,10-/m1/s1. The third kappa shape index (κ3) is 1.24. The molecule has 0 aromatic carbocycles. The Balaban J connectivity index is 2.21. The first kappa shape index (κ1) is 9.01. The summed E-state index contributed by atoms with van der Waals surface area (Å²) in [4.78, 5) is 0. The van der Waals surface area contributed by atoms with Crippen molar-refractivity contribution >= 4 is 15.9 Å². The lowest BCUT2D eigenvalue weighted by Crippen LogP contribution is -2.35. The van der Waals surface area contributed by atoms with Crippen LogP contribution in [-0.4, -0.2) is 16.0 Å². The number of alkyl halides is 1. The minimum absolute atomic E-state index is 0.121. The average molecular weight is 233 g/mol. The molecule has 3 atom stereocenters. The first-order valence-electron chi connectivity index (χ1n) is 4.78. The number of halogens is 1. The highest BCUT2D eigenvalue weighted by Gasteiger charge is 2.51. The highest BCUT2D eigenvalue weighted by Crippen LogP contribution is 2.51. The molecule has 0 N–H and O–H groups in total. The Bertz CT molecular complexity index is 196. The number of rotatable bonds is 0. The Kier molecular flexibility index (Phi) is 1.86. The van der Waals surface area contributed by atoms with Gasteiger partial charge >= 0.3 is 0 Å². The number of hydrogen-bond acceptors (Lipinski definition) is 1. The summed E-state index contributed by atoms with van der Waals surface area (Å²) >= 11 is 3.77. The summed E-state index contributed by atoms with van der Waals surface area (Å²) in [5.74, 6) is 0.785. The van der Waals surface area contributed by atoms with Gasteiger partial charge in [0.25, 0.3) is 0 Å². The molecule has 1 saturated heterocycles. The number of ether oxygens (including phenoxy) is 1. The van der Waals surface area contributed by atoms with Crippen LogP contribution in [0.1, 0.15) is 40.0 Å². The molecule has 0 aromatic rings. The van der Waals surface area contributed by atoms with Crippen LogP contribution in [0, 0.1) is 5.92 Å². The van der Waals surface area contributed by atoms with Gasteiger partial charge < -0.3 is 4.74 Å². The maximum atomic E-state index is 6.04. The van der Waals surface area contributed by atoms with Crippen LogP contribution < -0.4 is 0 Å². The summed E-state index contributed by atoms with van der Waals surface area (Å²) in [7, 11) is 0. The van der Waals surface area contributed by atoms with Crippen LogP contribution in [0.4, 0.5) is 0 Å². The van der Waals surface area contributed by atoms with E-state index in [4.69, 9.17) is 4.74 Å². The van der Waals surface area contributed by atoms with Crippen LogP contribution in [0.3, 0.4) is 0 Å². The molecule has 0 unspecified atom stereocenters. The van der Waals surface area contributed by atoms with Gasteiger partial charge in [0.05, 0.1) is 11.7 Å². The van der Waals surface area contributed by atoms with Gasteiger partial charge in [-0.15, -0.1) is 0 Å². The first-order chi connectivity index (χ1) is 5.42. The molecule has 0 spiro atoms. The van der Waals surface area contributed by atoms with Crippen molar-refractivity contribution in [3.63, 3.8) is 0 Å². The summed E-state index contributed by atoms with van der Waals surface area (Å²) in [6.07, 6.45) is 4.25. The molecule has 2 bridgehead atoms. The molecule has 2 aliphatic rings. The highest BCUT2D eigenvalue weighted by molar-refractivity contribution is 9.10. The van der Waals surface area contributed by atoms with E-state index in [-0.39, 0.29) is 9.93 Å². The minimum atomic E-state index is 0.121. The van der Waals surface area contributed by atoms with E-state index in [0.717, 1.165) is 5.92 Å². The SMILES string of the molecule is CC1(C)O[C@@H]2C[C@H]1CC[C@@]2(C)Br. The monoisotopic (exact) mass is 232 g/mol. The van der Waals surface area contributed by atoms with Crippen molar-refractivity contribution in [3.05, 3.63) is 0 Å². The van der Waals surface area contributed by atoms with E-state index in [1.54, 1.807) is 0 Å². The third-order valence-electron chi connectivity index (χ3n) is 3.58. The van der Waals surface area contributed by atoms with Crippen molar-refractivity contribution in [3.8, 4) is 0 Å². The maximum absolute atomic E-state index is 6.04. The van der Waals surface area contributed by atoms with Crippen molar-refractivity contribution < 1.29 is 4.74 Å².